The number of rotatable bonds is 3. The van der Waals surface area contributed by atoms with Crippen LogP contribution in [0.25, 0.3) is 0 Å². The first-order chi connectivity index (χ1) is 7.18. The van der Waals surface area contributed by atoms with Gasteiger partial charge in [-0.05, 0) is 24.5 Å². The van der Waals surface area contributed by atoms with Gasteiger partial charge in [-0.1, -0.05) is 52.4 Å². The van der Waals surface area contributed by atoms with Crippen LogP contribution in [0.3, 0.4) is 0 Å². The molecule has 2 rings (SSSR count). The third-order valence-electron chi connectivity index (χ3n) is 4.54. The molecule has 0 saturated carbocycles. The first-order valence-electron chi connectivity index (χ1n) is 6.84. The van der Waals surface area contributed by atoms with Crippen molar-refractivity contribution in [3.05, 3.63) is 0 Å². The molecular formula is C13H25BO. The van der Waals surface area contributed by atoms with E-state index in [2.05, 4.69) is 20.8 Å². The van der Waals surface area contributed by atoms with Crippen LogP contribution in [0.1, 0.15) is 59.3 Å². The summed E-state index contributed by atoms with van der Waals surface area (Å²) in [6.07, 6.45) is 9.03. The molecular weight excluding hydrogens is 183 g/mol. The second kappa shape index (κ2) is 4.90. The molecule has 2 heterocycles. The van der Waals surface area contributed by atoms with Crippen LogP contribution in [-0.4, -0.2) is 13.0 Å². The van der Waals surface area contributed by atoms with Crippen molar-refractivity contribution in [1.29, 1.82) is 0 Å². The van der Waals surface area contributed by atoms with Crippen LogP contribution in [-0.2, 0) is 4.65 Å². The minimum atomic E-state index is 0.441. The summed E-state index contributed by atoms with van der Waals surface area (Å²) in [6.45, 7) is 7.38. The number of fused-ring (bicyclic) bond motifs is 2. The Bertz CT molecular complexity index is 183. The highest BCUT2D eigenvalue weighted by atomic mass is 16.4. The summed E-state index contributed by atoms with van der Waals surface area (Å²) in [5.74, 6) is 2.44. The Labute approximate surface area is 95.1 Å². The van der Waals surface area contributed by atoms with E-state index in [0.717, 1.165) is 11.6 Å². The van der Waals surface area contributed by atoms with E-state index in [4.69, 9.17) is 4.65 Å². The summed E-state index contributed by atoms with van der Waals surface area (Å²) in [5, 5.41) is 0. The molecule has 2 fully saturated rings. The smallest absolute Gasteiger partial charge is 0.299 e. The first-order valence-corrected chi connectivity index (χ1v) is 6.84. The van der Waals surface area contributed by atoms with Crippen molar-refractivity contribution < 1.29 is 4.65 Å². The molecule has 2 bridgehead atoms. The van der Waals surface area contributed by atoms with Gasteiger partial charge in [0.25, 0.3) is 6.92 Å². The van der Waals surface area contributed by atoms with Gasteiger partial charge in [0.1, 0.15) is 0 Å². The monoisotopic (exact) mass is 208 g/mol. The molecule has 2 aliphatic heterocycles. The van der Waals surface area contributed by atoms with E-state index in [1.165, 1.54) is 38.5 Å². The maximum absolute atomic E-state index is 6.32. The largest absolute Gasteiger partial charge is 0.433 e. The summed E-state index contributed by atoms with van der Waals surface area (Å²) in [5.41, 5.74) is 0. The Morgan fingerprint density at radius 2 is 1.40 bits per heavy atom. The van der Waals surface area contributed by atoms with E-state index in [1.807, 2.05) is 0 Å². The number of hydrogen-bond donors (Lipinski definition) is 0. The van der Waals surface area contributed by atoms with Gasteiger partial charge < -0.3 is 4.65 Å². The van der Waals surface area contributed by atoms with Crippen molar-refractivity contribution in [2.75, 3.05) is 0 Å². The van der Waals surface area contributed by atoms with Crippen LogP contribution in [0.4, 0.5) is 0 Å². The molecule has 15 heavy (non-hydrogen) atoms. The Hall–Kier alpha value is 0.0249. The summed E-state index contributed by atoms with van der Waals surface area (Å²) in [6, 6.07) is 0. The topological polar surface area (TPSA) is 9.23 Å². The van der Waals surface area contributed by atoms with E-state index in [1.54, 1.807) is 0 Å². The molecule has 2 aliphatic rings. The van der Waals surface area contributed by atoms with E-state index in [0.29, 0.717) is 18.9 Å². The van der Waals surface area contributed by atoms with Gasteiger partial charge in [-0.25, -0.2) is 0 Å². The molecule has 0 spiro atoms. The fourth-order valence-corrected chi connectivity index (χ4v) is 3.24. The molecule has 1 unspecified atom stereocenters. The van der Waals surface area contributed by atoms with Crippen LogP contribution < -0.4 is 0 Å². The van der Waals surface area contributed by atoms with Gasteiger partial charge in [0.15, 0.2) is 0 Å². The van der Waals surface area contributed by atoms with Crippen molar-refractivity contribution in [1.82, 2.24) is 0 Å². The summed E-state index contributed by atoms with van der Waals surface area (Å²) in [4.78, 5) is 0. The zero-order valence-electron chi connectivity index (χ0n) is 10.5. The maximum Gasteiger partial charge on any atom is 0.299 e. The van der Waals surface area contributed by atoms with E-state index >= 15 is 0 Å². The Kier molecular flexibility index (Phi) is 3.76. The second-order valence-electron chi connectivity index (χ2n) is 5.93. The van der Waals surface area contributed by atoms with Gasteiger partial charge in [-0.2, -0.15) is 0 Å². The van der Waals surface area contributed by atoms with Crippen molar-refractivity contribution in [3.8, 4) is 0 Å². The molecule has 0 amide bonds. The lowest BCUT2D eigenvalue weighted by Gasteiger charge is -2.41. The Morgan fingerprint density at radius 1 is 0.933 bits per heavy atom. The Morgan fingerprint density at radius 3 is 1.80 bits per heavy atom. The first kappa shape index (κ1) is 11.5. The zero-order chi connectivity index (χ0) is 10.8. The average Bonchev–Trinajstić information content (AvgIpc) is 2.16. The van der Waals surface area contributed by atoms with E-state index in [9.17, 15) is 0 Å². The van der Waals surface area contributed by atoms with Gasteiger partial charge in [-0.15, -0.1) is 0 Å². The van der Waals surface area contributed by atoms with Gasteiger partial charge in [0.2, 0.25) is 0 Å². The lowest BCUT2D eigenvalue weighted by atomic mass is 9.38. The quantitative estimate of drug-likeness (QED) is 0.633. The summed E-state index contributed by atoms with van der Waals surface area (Å²) >= 11 is 0. The Balaban J connectivity index is 1.94. The normalized spacial score (nSPS) is 33.2. The standard InChI is InChI=1S/C13H25BO/c1-10(2)11(3)15-14-12-6-4-7-13(14)9-5-8-12/h10-13H,4-9H2,1-3H3. The number of hydrogen-bond acceptors (Lipinski definition) is 1. The molecule has 0 aliphatic carbocycles. The molecule has 2 heteroatoms. The van der Waals surface area contributed by atoms with Crippen LogP contribution in [0.5, 0.6) is 0 Å². The van der Waals surface area contributed by atoms with Crippen molar-refractivity contribution in [2.45, 2.75) is 77.0 Å². The van der Waals surface area contributed by atoms with Crippen LogP contribution in [0, 0.1) is 5.92 Å². The van der Waals surface area contributed by atoms with Crippen molar-refractivity contribution in [2.24, 2.45) is 5.92 Å². The fraction of sp³-hybridized carbons (Fsp3) is 1.00. The average molecular weight is 208 g/mol. The third kappa shape index (κ3) is 2.58. The summed E-state index contributed by atoms with van der Waals surface area (Å²) < 4.78 is 6.32. The maximum atomic E-state index is 6.32. The predicted octanol–water partition coefficient (Wildman–Crippen LogP) is 4.15. The molecule has 0 aromatic rings. The highest BCUT2D eigenvalue weighted by Crippen LogP contribution is 2.47. The molecule has 1 atom stereocenters. The summed E-state index contributed by atoms with van der Waals surface area (Å²) in [7, 11) is 0. The minimum absolute atomic E-state index is 0.441. The van der Waals surface area contributed by atoms with Gasteiger partial charge in [-0.3, -0.25) is 0 Å². The molecule has 86 valence electrons. The highest BCUT2D eigenvalue weighted by molar-refractivity contribution is 6.56. The van der Waals surface area contributed by atoms with Gasteiger partial charge in [0, 0.05) is 6.10 Å². The van der Waals surface area contributed by atoms with Gasteiger partial charge >= 0.3 is 0 Å². The third-order valence-corrected chi connectivity index (χ3v) is 4.54. The zero-order valence-corrected chi connectivity index (χ0v) is 10.5. The second-order valence-corrected chi connectivity index (χ2v) is 5.93. The molecule has 0 aromatic carbocycles. The van der Waals surface area contributed by atoms with Gasteiger partial charge in [0.05, 0.1) is 0 Å². The van der Waals surface area contributed by atoms with Crippen LogP contribution >= 0.6 is 0 Å². The van der Waals surface area contributed by atoms with Crippen molar-refractivity contribution >= 4 is 6.92 Å². The predicted molar refractivity (Wildman–Crippen MR) is 66.3 cm³/mol. The molecule has 1 nitrogen and oxygen atoms in total. The van der Waals surface area contributed by atoms with E-state index < -0.39 is 0 Å². The lowest BCUT2D eigenvalue weighted by molar-refractivity contribution is 0.149. The van der Waals surface area contributed by atoms with Crippen molar-refractivity contribution in [3.63, 3.8) is 0 Å². The lowest BCUT2D eigenvalue weighted by Crippen LogP contribution is -2.40. The molecule has 0 radical (unpaired) electrons. The van der Waals surface area contributed by atoms with Crippen LogP contribution in [0.15, 0.2) is 0 Å². The van der Waals surface area contributed by atoms with E-state index in [-0.39, 0.29) is 0 Å². The van der Waals surface area contributed by atoms with Crippen LogP contribution in [0.2, 0.25) is 11.6 Å². The fourth-order valence-electron chi connectivity index (χ4n) is 3.24. The highest BCUT2D eigenvalue weighted by Gasteiger charge is 2.41. The molecule has 0 N–H and O–H groups in total. The minimum Gasteiger partial charge on any atom is -0.433 e. The molecule has 0 aromatic heterocycles. The SMILES string of the molecule is CC(C)C(C)OB1C2CCCC1CCC2. The molecule has 2 saturated heterocycles.